The van der Waals surface area contributed by atoms with Gasteiger partial charge in [0.2, 0.25) is 17.7 Å². The number of hydrogen-bond donors (Lipinski definition) is 8. The minimum absolute atomic E-state index is 0.0913. The average Bonchev–Trinajstić information content (AvgIpc) is 3.15. The zero-order chi connectivity index (χ0) is 22.7. The summed E-state index contributed by atoms with van der Waals surface area (Å²) in [6, 6.07) is -3.65. The molecule has 166 valence electrons. The predicted molar refractivity (Wildman–Crippen MR) is 105 cm³/mol. The number of aliphatic imine (C=N–C) groups is 1. The number of imidazole rings is 1. The number of carbonyl (C=O) groups is 4. The standard InChI is InChI=1S/C16H27N9O5/c17-9(4-8-6-21-7-23-8)13(27)24-10(2-1-3-22-16(19)20)14(28)25-11(15(29)30)5-12(18)26/h6-7,9-11H,1-5,17H2,(H2,18,26)(H,21,23)(H,24,27)(H,25,28)(H,29,30)(H4,19,20,22). The third-order valence-electron chi connectivity index (χ3n) is 3.93. The molecular weight excluding hydrogens is 398 g/mol. The Bertz CT molecular complexity index is 761. The van der Waals surface area contributed by atoms with Crippen molar-refractivity contribution >= 4 is 29.7 Å². The second-order valence-electron chi connectivity index (χ2n) is 6.47. The van der Waals surface area contributed by atoms with Crippen molar-refractivity contribution in [1.82, 2.24) is 20.6 Å². The molecule has 0 radical (unpaired) electrons. The lowest BCUT2D eigenvalue weighted by molar-refractivity contribution is -0.143. The van der Waals surface area contributed by atoms with Gasteiger partial charge in [-0.15, -0.1) is 0 Å². The number of H-pyrrole nitrogens is 1. The quantitative estimate of drug-likeness (QED) is 0.0875. The Morgan fingerprint density at radius 3 is 2.33 bits per heavy atom. The van der Waals surface area contributed by atoms with E-state index in [0.717, 1.165) is 0 Å². The van der Waals surface area contributed by atoms with Crippen LogP contribution in [0.2, 0.25) is 0 Å². The Kier molecular flexibility index (Phi) is 9.75. The number of rotatable bonds is 13. The van der Waals surface area contributed by atoms with Crippen molar-refractivity contribution < 1.29 is 24.3 Å². The second kappa shape index (κ2) is 12.0. The van der Waals surface area contributed by atoms with E-state index in [1.165, 1.54) is 12.5 Å². The number of aromatic nitrogens is 2. The number of carboxylic acid groups (broad SMARTS) is 1. The summed E-state index contributed by atoms with van der Waals surface area (Å²) in [6.07, 6.45) is 2.88. The van der Waals surface area contributed by atoms with Gasteiger partial charge in [0.25, 0.3) is 0 Å². The van der Waals surface area contributed by atoms with E-state index in [2.05, 4.69) is 25.6 Å². The summed E-state index contributed by atoms with van der Waals surface area (Å²) in [7, 11) is 0. The molecule has 14 nitrogen and oxygen atoms in total. The van der Waals surface area contributed by atoms with Crippen LogP contribution >= 0.6 is 0 Å². The van der Waals surface area contributed by atoms with Crippen LogP contribution in [-0.4, -0.2) is 69.4 Å². The number of nitrogens with one attached hydrogen (secondary N) is 3. The number of carboxylic acids is 1. The highest BCUT2D eigenvalue weighted by Crippen LogP contribution is 2.03. The first kappa shape index (κ1) is 24.4. The SMILES string of the molecule is NC(=O)CC(NC(=O)C(CCCN=C(N)N)NC(=O)C(N)Cc1cnc[nH]1)C(=O)O. The van der Waals surface area contributed by atoms with Gasteiger partial charge in [-0.1, -0.05) is 0 Å². The van der Waals surface area contributed by atoms with E-state index in [1.54, 1.807) is 0 Å². The molecule has 3 amide bonds. The molecule has 0 bridgehead atoms. The van der Waals surface area contributed by atoms with Gasteiger partial charge in [-0.05, 0) is 12.8 Å². The van der Waals surface area contributed by atoms with Gasteiger partial charge in [0, 0.05) is 24.9 Å². The van der Waals surface area contributed by atoms with Gasteiger partial charge in [-0.3, -0.25) is 19.4 Å². The maximum atomic E-state index is 12.6. The molecular formula is C16H27N9O5. The first-order valence-corrected chi connectivity index (χ1v) is 9.00. The third-order valence-corrected chi connectivity index (χ3v) is 3.93. The molecule has 3 atom stereocenters. The molecule has 14 heteroatoms. The highest BCUT2D eigenvalue weighted by atomic mass is 16.4. The maximum Gasteiger partial charge on any atom is 0.326 e. The number of aromatic amines is 1. The van der Waals surface area contributed by atoms with E-state index in [-0.39, 0.29) is 25.3 Å². The van der Waals surface area contributed by atoms with E-state index < -0.39 is 48.2 Å². The summed E-state index contributed by atoms with van der Waals surface area (Å²) in [5, 5.41) is 13.8. The van der Waals surface area contributed by atoms with Gasteiger partial charge in [0.1, 0.15) is 12.1 Å². The van der Waals surface area contributed by atoms with Crippen molar-refractivity contribution in [2.24, 2.45) is 27.9 Å². The number of aliphatic carboxylic acids is 1. The van der Waals surface area contributed by atoms with Crippen LogP contribution in [0.3, 0.4) is 0 Å². The first-order chi connectivity index (χ1) is 14.1. The molecule has 0 spiro atoms. The van der Waals surface area contributed by atoms with Crippen LogP contribution in [-0.2, 0) is 25.6 Å². The molecule has 0 aromatic carbocycles. The summed E-state index contributed by atoms with van der Waals surface area (Å²) in [5.41, 5.74) is 22.0. The van der Waals surface area contributed by atoms with E-state index in [1.807, 2.05) is 0 Å². The Hall–Kier alpha value is -3.68. The van der Waals surface area contributed by atoms with Gasteiger partial charge in [-0.25, -0.2) is 9.78 Å². The van der Waals surface area contributed by atoms with Crippen LogP contribution < -0.4 is 33.6 Å². The number of hydrogen-bond acceptors (Lipinski definition) is 7. The topological polar surface area (TPSA) is 258 Å². The van der Waals surface area contributed by atoms with Gasteiger partial charge < -0.3 is 43.7 Å². The van der Waals surface area contributed by atoms with Crippen molar-refractivity contribution in [2.45, 2.75) is 43.8 Å². The van der Waals surface area contributed by atoms with Crippen molar-refractivity contribution in [3.8, 4) is 0 Å². The molecule has 12 N–H and O–H groups in total. The van der Waals surface area contributed by atoms with Crippen LogP contribution in [0.15, 0.2) is 17.5 Å². The first-order valence-electron chi connectivity index (χ1n) is 9.00. The van der Waals surface area contributed by atoms with E-state index in [9.17, 15) is 19.2 Å². The van der Waals surface area contributed by atoms with Crippen LogP contribution in [0.4, 0.5) is 0 Å². The molecule has 1 aromatic rings. The number of amides is 3. The molecule has 0 aliphatic rings. The number of guanidine groups is 1. The zero-order valence-electron chi connectivity index (χ0n) is 16.2. The largest absolute Gasteiger partial charge is 0.480 e. The minimum Gasteiger partial charge on any atom is -0.480 e. The van der Waals surface area contributed by atoms with Crippen molar-refractivity contribution in [3.63, 3.8) is 0 Å². The van der Waals surface area contributed by atoms with Gasteiger partial charge in [0.05, 0.1) is 18.8 Å². The second-order valence-corrected chi connectivity index (χ2v) is 6.47. The number of primary amides is 1. The van der Waals surface area contributed by atoms with E-state index in [4.69, 9.17) is 28.0 Å². The molecule has 3 unspecified atom stereocenters. The predicted octanol–water partition coefficient (Wildman–Crippen LogP) is -3.74. The van der Waals surface area contributed by atoms with E-state index in [0.29, 0.717) is 12.1 Å². The van der Waals surface area contributed by atoms with Crippen molar-refractivity contribution in [2.75, 3.05) is 6.54 Å². The summed E-state index contributed by atoms with van der Waals surface area (Å²) >= 11 is 0. The van der Waals surface area contributed by atoms with Gasteiger partial charge >= 0.3 is 5.97 Å². The average molecular weight is 425 g/mol. The van der Waals surface area contributed by atoms with Crippen LogP contribution in [0.25, 0.3) is 0 Å². The normalized spacial score (nSPS) is 13.5. The highest BCUT2D eigenvalue weighted by molar-refractivity contribution is 5.93. The fraction of sp³-hybridized carbons (Fsp3) is 0.500. The lowest BCUT2D eigenvalue weighted by Gasteiger charge is -2.22. The Balaban J connectivity index is 2.81. The molecule has 0 saturated carbocycles. The molecule has 1 heterocycles. The summed E-state index contributed by atoms with van der Waals surface area (Å²) in [6.45, 7) is 0.186. The summed E-state index contributed by atoms with van der Waals surface area (Å²) < 4.78 is 0. The Labute approximate surface area is 171 Å². The fourth-order valence-corrected chi connectivity index (χ4v) is 2.45. The van der Waals surface area contributed by atoms with Crippen LogP contribution in [0, 0.1) is 0 Å². The highest BCUT2D eigenvalue weighted by Gasteiger charge is 2.28. The Morgan fingerprint density at radius 1 is 1.13 bits per heavy atom. The third kappa shape index (κ3) is 9.01. The molecule has 30 heavy (non-hydrogen) atoms. The monoisotopic (exact) mass is 425 g/mol. The van der Waals surface area contributed by atoms with Gasteiger partial charge in [0.15, 0.2) is 5.96 Å². The van der Waals surface area contributed by atoms with Crippen LogP contribution in [0.5, 0.6) is 0 Å². The molecule has 0 aliphatic heterocycles. The number of nitrogens with two attached hydrogens (primary N) is 4. The number of nitrogens with zero attached hydrogens (tertiary/aromatic N) is 2. The molecule has 0 fully saturated rings. The Morgan fingerprint density at radius 2 is 1.80 bits per heavy atom. The van der Waals surface area contributed by atoms with Crippen molar-refractivity contribution in [1.29, 1.82) is 0 Å². The lowest BCUT2D eigenvalue weighted by Crippen LogP contribution is -2.55. The zero-order valence-corrected chi connectivity index (χ0v) is 16.2. The number of carbonyl (C=O) groups excluding carboxylic acids is 3. The molecule has 1 aromatic heterocycles. The smallest absolute Gasteiger partial charge is 0.326 e. The van der Waals surface area contributed by atoms with E-state index >= 15 is 0 Å². The minimum atomic E-state index is -1.54. The van der Waals surface area contributed by atoms with Crippen LogP contribution in [0.1, 0.15) is 25.0 Å². The maximum absolute atomic E-state index is 12.6. The molecule has 1 rings (SSSR count). The lowest BCUT2D eigenvalue weighted by atomic mass is 10.1. The van der Waals surface area contributed by atoms with Crippen molar-refractivity contribution in [3.05, 3.63) is 18.2 Å². The molecule has 0 aliphatic carbocycles. The fourth-order valence-electron chi connectivity index (χ4n) is 2.45. The summed E-state index contributed by atoms with van der Waals surface area (Å²) in [4.78, 5) is 57.7. The summed E-state index contributed by atoms with van der Waals surface area (Å²) in [5.74, 6) is -3.92. The molecule has 0 saturated heterocycles. The van der Waals surface area contributed by atoms with Gasteiger partial charge in [-0.2, -0.15) is 0 Å².